The van der Waals surface area contributed by atoms with E-state index in [1.165, 1.54) is 24.5 Å². The van der Waals surface area contributed by atoms with Crippen LogP contribution in [0, 0.1) is 9.39 Å². The van der Waals surface area contributed by atoms with E-state index in [1.54, 1.807) is 22.6 Å². The first-order chi connectivity index (χ1) is 8.42. The quantitative estimate of drug-likeness (QED) is 0.633. The molecule has 0 saturated heterocycles. The Bertz CT molecular complexity index is 673. The highest BCUT2D eigenvalue weighted by Crippen LogP contribution is 2.30. The molecule has 8 heteroatoms. The molecule has 0 fully saturated rings. The minimum Gasteiger partial charge on any atom is -0.451 e. The van der Waals surface area contributed by atoms with Crippen LogP contribution in [0.1, 0.15) is 0 Å². The molecule has 18 heavy (non-hydrogen) atoms. The van der Waals surface area contributed by atoms with E-state index in [0.29, 0.717) is 0 Å². The molecule has 0 bridgehead atoms. The molecule has 0 saturated carbocycles. The molecule has 0 unspecified atom stereocenters. The van der Waals surface area contributed by atoms with Crippen molar-refractivity contribution in [3.8, 4) is 0 Å². The normalized spacial score (nSPS) is 11.5. The molecule has 96 valence electrons. The third-order valence-electron chi connectivity index (χ3n) is 2.04. The second-order valence-electron chi connectivity index (χ2n) is 3.26. The van der Waals surface area contributed by atoms with E-state index in [1.807, 2.05) is 0 Å². The van der Waals surface area contributed by atoms with Gasteiger partial charge in [0.15, 0.2) is 0 Å². The minimum absolute atomic E-state index is 0.00531. The van der Waals surface area contributed by atoms with Crippen molar-refractivity contribution in [2.24, 2.45) is 0 Å². The molecule has 0 radical (unpaired) electrons. The van der Waals surface area contributed by atoms with Crippen molar-refractivity contribution in [3.05, 3.63) is 44.9 Å². The molecule has 0 atom stereocenters. The van der Waals surface area contributed by atoms with Crippen molar-refractivity contribution in [1.29, 1.82) is 0 Å². The first kappa shape index (κ1) is 13.6. The van der Waals surface area contributed by atoms with Crippen molar-refractivity contribution in [2.75, 3.05) is 4.72 Å². The summed E-state index contributed by atoms with van der Waals surface area (Å²) in [6.45, 7) is 0. The molecule has 4 nitrogen and oxygen atoms in total. The number of hydrogen-bond donors (Lipinski definition) is 1. The summed E-state index contributed by atoms with van der Waals surface area (Å²) in [5.41, 5.74) is 0.0962. The predicted octanol–water partition coefficient (Wildman–Crippen LogP) is 3.48. The van der Waals surface area contributed by atoms with Crippen molar-refractivity contribution in [1.82, 2.24) is 0 Å². The monoisotopic (exact) mass is 401 g/mol. The smallest absolute Gasteiger partial charge is 0.295 e. The topological polar surface area (TPSA) is 59.3 Å². The van der Waals surface area contributed by atoms with Gasteiger partial charge in [-0.25, -0.2) is 4.39 Å². The number of hydrogen-bond acceptors (Lipinski definition) is 3. The summed E-state index contributed by atoms with van der Waals surface area (Å²) in [6, 6.07) is 5.13. The first-order valence-electron chi connectivity index (χ1n) is 4.61. The second kappa shape index (κ2) is 5.06. The second-order valence-corrected chi connectivity index (χ2v) is 6.33. The Morgan fingerprint density at radius 2 is 2.06 bits per heavy atom. The van der Waals surface area contributed by atoms with E-state index in [-0.39, 0.29) is 19.4 Å². The molecule has 0 aliphatic carbocycles. The molecule has 0 aliphatic rings. The number of sulfonamides is 1. The third kappa shape index (κ3) is 2.62. The van der Waals surface area contributed by atoms with Gasteiger partial charge in [-0.15, -0.1) is 0 Å². The van der Waals surface area contributed by atoms with Gasteiger partial charge in [0.25, 0.3) is 10.0 Å². The number of furan rings is 1. The molecule has 0 spiro atoms. The maximum atomic E-state index is 13.2. The van der Waals surface area contributed by atoms with Crippen LogP contribution >= 0.6 is 34.2 Å². The third-order valence-corrected chi connectivity index (χ3v) is 5.06. The maximum Gasteiger partial charge on any atom is 0.295 e. The zero-order chi connectivity index (χ0) is 13.3. The Kier molecular flexibility index (Phi) is 3.83. The van der Waals surface area contributed by atoms with Crippen molar-refractivity contribution in [3.63, 3.8) is 0 Å². The van der Waals surface area contributed by atoms with Crippen LogP contribution in [-0.2, 0) is 10.0 Å². The standard InChI is InChI=1S/C10H6ClFINO3S/c11-9-7(4-3-6(12)10(9)13)14-18(15,16)8-2-1-5-17-8/h1-5,14H. The van der Waals surface area contributed by atoms with Crippen LogP contribution in [0.5, 0.6) is 0 Å². The lowest BCUT2D eigenvalue weighted by molar-refractivity contribution is 0.452. The van der Waals surface area contributed by atoms with E-state index >= 15 is 0 Å². The van der Waals surface area contributed by atoms with E-state index < -0.39 is 15.8 Å². The number of benzene rings is 1. The molecule has 0 aliphatic heterocycles. The summed E-state index contributed by atoms with van der Waals surface area (Å²) in [5.74, 6) is -0.512. The number of nitrogens with one attached hydrogen (secondary N) is 1. The zero-order valence-corrected chi connectivity index (χ0v) is 12.4. The van der Waals surface area contributed by atoms with Gasteiger partial charge < -0.3 is 4.42 Å². The van der Waals surface area contributed by atoms with Crippen LogP contribution in [0.4, 0.5) is 10.1 Å². The van der Waals surface area contributed by atoms with Gasteiger partial charge in [-0.3, -0.25) is 4.72 Å². The number of rotatable bonds is 3. The highest BCUT2D eigenvalue weighted by atomic mass is 127. The average Bonchev–Trinajstić information content (AvgIpc) is 2.84. The summed E-state index contributed by atoms with van der Waals surface area (Å²) in [4.78, 5) is 0. The Balaban J connectivity index is 2.39. The lowest BCUT2D eigenvalue weighted by atomic mass is 10.3. The van der Waals surface area contributed by atoms with E-state index in [2.05, 4.69) is 4.72 Å². The van der Waals surface area contributed by atoms with Gasteiger partial charge in [0.2, 0.25) is 5.09 Å². The fourth-order valence-corrected chi connectivity index (χ4v) is 2.94. The van der Waals surface area contributed by atoms with Crippen LogP contribution < -0.4 is 4.72 Å². The average molecular weight is 402 g/mol. The summed E-state index contributed by atoms with van der Waals surface area (Å²) in [7, 11) is -3.85. The molecule has 1 aromatic carbocycles. The molecule has 1 heterocycles. The van der Waals surface area contributed by atoms with Gasteiger partial charge in [-0.1, -0.05) is 11.6 Å². The van der Waals surface area contributed by atoms with Crippen LogP contribution in [0.3, 0.4) is 0 Å². The Morgan fingerprint density at radius 1 is 1.33 bits per heavy atom. The summed E-state index contributed by atoms with van der Waals surface area (Å²) >= 11 is 7.56. The van der Waals surface area contributed by atoms with Crippen LogP contribution in [0.2, 0.25) is 5.02 Å². The summed E-state index contributed by atoms with van der Waals surface area (Å²) in [5, 5.41) is -0.233. The fraction of sp³-hybridized carbons (Fsp3) is 0. The SMILES string of the molecule is O=S(=O)(Nc1ccc(F)c(I)c1Cl)c1ccco1. The molecule has 0 amide bonds. The zero-order valence-electron chi connectivity index (χ0n) is 8.65. The van der Waals surface area contributed by atoms with Crippen LogP contribution in [-0.4, -0.2) is 8.42 Å². The van der Waals surface area contributed by atoms with Gasteiger partial charge in [-0.05, 0) is 46.9 Å². The predicted molar refractivity (Wildman–Crippen MR) is 73.6 cm³/mol. The summed E-state index contributed by atoms with van der Waals surface area (Å²) < 4.78 is 44.1. The van der Waals surface area contributed by atoms with E-state index in [0.717, 1.165) is 6.07 Å². The molecule has 1 aromatic heterocycles. The molecule has 2 aromatic rings. The summed E-state index contributed by atoms with van der Waals surface area (Å²) in [6.07, 6.45) is 1.24. The van der Waals surface area contributed by atoms with Crippen molar-refractivity contribution >= 4 is 49.9 Å². The molecular weight excluding hydrogens is 396 g/mol. The minimum atomic E-state index is -3.85. The largest absolute Gasteiger partial charge is 0.451 e. The van der Waals surface area contributed by atoms with E-state index in [4.69, 9.17) is 16.0 Å². The lowest BCUT2D eigenvalue weighted by Crippen LogP contribution is -2.12. The molecule has 1 N–H and O–H groups in total. The Morgan fingerprint density at radius 3 is 2.67 bits per heavy atom. The van der Waals surface area contributed by atoms with E-state index in [9.17, 15) is 12.8 Å². The van der Waals surface area contributed by atoms with Gasteiger partial charge in [-0.2, -0.15) is 8.42 Å². The first-order valence-corrected chi connectivity index (χ1v) is 7.55. The lowest BCUT2D eigenvalue weighted by Gasteiger charge is -2.09. The molecular formula is C10H6ClFINO3S. The van der Waals surface area contributed by atoms with Gasteiger partial charge in [0.05, 0.1) is 20.5 Å². The van der Waals surface area contributed by atoms with Gasteiger partial charge >= 0.3 is 0 Å². The van der Waals surface area contributed by atoms with Crippen LogP contribution in [0.25, 0.3) is 0 Å². The van der Waals surface area contributed by atoms with Crippen LogP contribution in [0.15, 0.2) is 40.0 Å². The fourth-order valence-electron chi connectivity index (χ4n) is 1.22. The van der Waals surface area contributed by atoms with Gasteiger partial charge in [0.1, 0.15) is 5.82 Å². The molecule has 2 rings (SSSR count). The Hall–Kier alpha value is -0.800. The maximum absolute atomic E-state index is 13.2. The highest BCUT2D eigenvalue weighted by Gasteiger charge is 2.20. The highest BCUT2D eigenvalue weighted by molar-refractivity contribution is 14.1. The van der Waals surface area contributed by atoms with Crippen molar-refractivity contribution in [2.45, 2.75) is 5.09 Å². The number of halogens is 3. The van der Waals surface area contributed by atoms with Crippen molar-refractivity contribution < 1.29 is 17.2 Å². The number of anilines is 1. The van der Waals surface area contributed by atoms with Gasteiger partial charge in [0, 0.05) is 0 Å². The Labute approximate surface area is 121 Å².